The minimum Gasteiger partial charge on any atom is -0.354 e. The molecule has 7 nitrogen and oxygen atoms in total. The fourth-order valence-corrected chi connectivity index (χ4v) is 4.61. The third kappa shape index (κ3) is 4.45. The van der Waals surface area contributed by atoms with Gasteiger partial charge in [0.1, 0.15) is 0 Å². The average molecular weight is 436 g/mol. The van der Waals surface area contributed by atoms with Crippen LogP contribution in [0.3, 0.4) is 0 Å². The molecule has 160 valence electrons. The summed E-state index contributed by atoms with van der Waals surface area (Å²) in [6.45, 7) is 4.21. The number of rotatable bonds is 7. The highest BCUT2D eigenvalue weighted by Crippen LogP contribution is 2.26. The van der Waals surface area contributed by atoms with Gasteiger partial charge in [0.15, 0.2) is 23.0 Å². The lowest BCUT2D eigenvalue weighted by molar-refractivity contribution is 0.254. The van der Waals surface area contributed by atoms with E-state index in [1.54, 1.807) is 0 Å². The molecule has 2 heterocycles. The van der Waals surface area contributed by atoms with E-state index in [0.717, 1.165) is 61.6 Å². The van der Waals surface area contributed by atoms with Crippen molar-refractivity contribution >= 4 is 26.8 Å². The average Bonchev–Trinajstić information content (AvgIpc) is 3.18. The van der Waals surface area contributed by atoms with Crippen molar-refractivity contribution in [2.45, 2.75) is 11.3 Å². The SMILES string of the molecule is O=S(=O)(NCCCN1CCN(c2noc3ccccc23)CC1)c1ccc(F)c(F)c1. The van der Waals surface area contributed by atoms with Gasteiger partial charge < -0.3 is 9.42 Å². The van der Waals surface area contributed by atoms with Crippen molar-refractivity contribution in [3.63, 3.8) is 0 Å². The number of piperazine rings is 1. The lowest BCUT2D eigenvalue weighted by atomic mass is 10.2. The van der Waals surface area contributed by atoms with Crippen LogP contribution in [0.4, 0.5) is 14.6 Å². The first-order chi connectivity index (χ1) is 14.4. The molecule has 0 saturated carbocycles. The molecule has 1 aliphatic heterocycles. The summed E-state index contributed by atoms with van der Waals surface area (Å²) in [6, 6.07) is 10.3. The molecule has 0 bridgehead atoms. The molecule has 3 aromatic rings. The fraction of sp³-hybridized carbons (Fsp3) is 0.350. The van der Waals surface area contributed by atoms with Crippen molar-refractivity contribution in [2.75, 3.05) is 44.2 Å². The molecule has 0 aliphatic carbocycles. The molecule has 1 fully saturated rings. The first-order valence-electron chi connectivity index (χ1n) is 9.70. The van der Waals surface area contributed by atoms with Crippen molar-refractivity contribution in [1.29, 1.82) is 0 Å². The van der Waals surface area contributed by atoms with Gasteiger partial charge >= 0.3 is 0 Å². The van der Waals surface area contributed by atoms with Crippen molar-refractivity contribution in [3.8, 4) is 0 Å². The maximum absolute atomic E-state index is 13.3. The zero-order valence-electron chi connectivity index (χ0n) is 16.2. The third-order valence-electron chi connectivity index (χ3n) is 5.17. The highest BCUT2D eigenvalue weighted by Gasteiger charge is 2.21. The number of para-hydroxylation sites is 1. The second kappa shape index (κ2) is 8.66. The number of aromatic nitrogens is 1. The second-order valence-electron chi connectivity index (χ2n) is 7.16. The minimum atomic E-state index is -3.86. The molecular formula is C20H22F2N4O3S. The fourth-order valence-electron chi connectivity index (χ4n) is 3.52. The highest BCUT2D eigenvalue weighted by atomic mass is 32.2. The van der Waals surface area contributed by atoms with Gasteiger partial charge in [-0.05, 0) is 43.3 Å². The van der Waals surface area contributed by atoms with E-state index >= 15 is 0 Å². The van der Waals surface area contributed by atoms with E-state index < -0.39 is 21.7 Å². The lowest BCUT2D eigenvalue weighted by Crippen LogP contribution is -2.47. The summed E-state index contributed by atoms with van der Waals surface area (Å²) in [4.78, 5) is 4.16. The summed E-state index contributed by atoms with van der Waals surface area (Å²) in [5.41, 5.74) is 0.767. The minimum absolute atomic E-state index is 0.218. The normalized spacial score (nSPS) is 15.7. The summed E-state index contributed by atoms with van der Waals surface area (Å²) in [7, 11) is -3.86. The van der Waals surface area contributed by atoms with Gasteiger partial charge in [-0.1, -0.05) is 17.3 Å². The van der Waals surface area contributed by atoms with Gasteiger partial charge in [0.05, 0.1) is 10.3 Å². The molecule has 30 heavy (non-hydrogen) atoms. The number of fused-ring (bicyclic) bond motifs is 1. The Bertz CT molecular complexity index is 1130. The van der Waals surface area contributed by atoms with Crippen LogP contribution in [0.2, 0.25) is 0 Å². The van der Waals surface area contributed by atoms with Crippen LogP contribution in [-0.4, -0.2) is 57.7 Å². The number of anilines is 1. The van der Waals surface area contributed by atoms with E-state index in [4.69, 9.17) is 4.52 Å². The molecule has 1 aromatic heterocycles. The van der Waals surface area contributed by atoms with E-state index in [2.05, 4.69) is 19.7 Å². The first kappa shape index (κ1) is 20.7. The number of nitrogens with zero attached hydrogens (tertiary/aromatic N) is 3. The Morgan fingerprint density at radius 1 is 1.03 bits per heavy atom. The van der Waals surface area contributed by atoms with Gasteiger partial charge in [-0.3, -0.25) is 4.90 Å². The molecule has 1 saturated heterocycles. The van der Waals surface area contributed by atoms with Crippen LogP contribution >= 0.6 is 0 Å². The van der Waals surface area contributed by atoms with Crippen LogP contribution in [-0.2, 0) is 10.0 Å². The maximum atomic E-state index is 13.3. The Morgan fingerprint density at radius 2 is 1.80 bits per heavy atom. The van der Waals surface area contributed by atoms with E-state index in [1.807, 2.05) is 24.3 Å². The van der Waals surface area contributed by atoms with Gasteiger partial charge in [0.25, 0.3) is 0 Å². The number of halogens is 2. The quantitative estimate of drug-likeness (QED) is 0.574. The van der Waals surface area contributed by atoms with Crippen molar-refractivity contribution in [3.05, 3.63) is 54.1 Å². The van der Waals surface area contributed by atoms with E-state index in [-0.39, 0.29) is 11.4 Å². The van der Waals surface area contributed by atoms with Crippen LogP contribution in [0.1, 0.15) is 6.42 Å². The number of sulfonamides is 1. The largest absolute Gasteiger partial charge is 0.354 e. The van der Waals surface area contributed by atoms with Crippen molar-refractivity contribution in [1.82, 2.24) is 14.8 Å². The number of hydrogen-bond donors (Lipinski definition) is 1. The smallest absolute Gasteiger partial charge is 0.240 e. The molecule has 10 heteroatoms. The van der Waals surface area contributed by atoms with Gasteiger partial charge in [-0.15, -0.1) is 0 Å². The third-order valence-corrected chi connectivity index (χ3v) is 6.63. The summed E-state index contributed by atoms with van der Waals surface area (Å²) in [6.07, 6.45) is 0.607. The Morgan fingerprint density at radius 3 is 2.57 bits per heavy atom. The molecular weight excluding hydrogens is 414 g/mol. The molecule has 4 rings (SSSR count). The molecule has 0 atom stereocenters. The Labute approximate surface area is 173 Å². The summed E-state index contributed by atoms with van der Waals surface area (Å²) < 4.78 is 58.5. The zero-order chi connectivity index (χ0) is 21.1. The van der Waals surface area contributed by atoms with Crippen LogP contribution in [0.15, 0.2) is 51.9 Å². The van der Waals surface area contributed by atoms with Crippen LogP contribution in [0.25, 0.3) is 11.0 Å². The van der Waals surface area contributed by atoms with Crippen LogP contribution in [0.5, 0.6) is 0 Å². The Kier molecular flexibility index (Phi) is 5.98. The van der Waals surface area contributed by atoms with Gasteiger partial charge in [-0.25, -0.2) is 21.9 Å². The maximum Gasteiger partial charge on any atom is 0.240 e. The molecule has 0 spiro atoms. The Balaban J connectivity index is 1.24. The number of nitrogens with one attached hydrogen (secondary N) is 1. The Hall–Kier alpha value is -2.56. The summed E-state index contributed by atoms with van der Waals surface area (Å²) >= 11 is 0. The zero-order valence-corrected chi connectivity index (χ0v) is 17.0. The van der Waals surface area contributed by atoms with Gasteiger partial charge in [-0.2, -0.15) is 0 Å². The van der Waals surface area contributed by atoms with E-state index in [0.29, 0.717) is 12.5 Å². The second-order valence-corrected chi connectivity index (χ2v) is 8.93. The molecule has 0 amide bonds. The predicted molar refractivity (Wildman–Crippen MR) is 109 cm³/mol. The summed E-state index contributed by atoms with van der Waals surface area (Å²) in [5, 5.41) is 5.19. The monoisotopic (exact) mass is 436 g/mol. The molecule has 0 radical (unpaired) electrons. The molecule has 0 unspecified atom stereocenters. The standard InChI is InChI=1S/C20H22F2N4O3S/c21-17-7-6-15(14-18(17)22)30(27,28)23-8-3-9-25-10-12-26(13-11-25)20-16-4-1-2-5-19(16)29-24-20/h1-2,4-7,14,23H,3,8-13H2. The number of hydrogen-bond acceptors (Lipinski definition) is 6. The van der Waals surface area contributed by atoms with Gasteiger partial charge in [0, 0.05) is 32.7 Å². The highest BCUT2D eigenvalue weighted by molar-refractivity contribution is 7.89. The van der Waals surface area contributed by atoms with Crippen molar-refractivity contribution < 1.29 is 21.7 Å². The van der Waals surface area contributed by atoms with E-state index in [9.17, 15) is 17.2 Å². The van der Waals surface area contributed by atoms with E-state index in [1.165, 1.54) is 0 Å². The summed E-state index contributed by atoms with van der Waals surface area (Å²) in [5.74, 6) is -1.41. The predicted octanol–water partition coefficient (Wildman–Crippen LogP) is 2.60. The topological polar surface area (TPSA) is 78.7 Å². The lowest BCUT2D eigenvalue weighted by Gasteiger charge is -2.34. The van der Waals surface area contributed by atoms with Crippen LogP contribution in [0, 0.1) is 11.6 Å². The molecule has 1 aliphatic rings. The van der Waals surface area contributed by atoms with Gasteiger partial charge in [0.2, 0.25) is 10.0 Å². The van der Waals surface area contributed by atoms with Crippen molar-refractivity contribution in [2.24, 2.45) is 0 Å². The van der Waals surface area contributed by atoms with Crippen LogP contribution < -0.4 is 9.62 Å². The molecule has 2 aromatic carbocycles. The molecule has 1 N–H and O–H groups in total. The number of benzene rings is 2. The first-order valence-corrected chi connectivity index (χ1v) is 11.2.